The van der Waals surface area contributed by atoms with E-state index in [0.29, 0.717) is 31.5 Å². The fraction of sp³-hybridized carbons (Fsp3) is 0.692. The highest BCUT2D eigenvalue weighted by Gasteiger charge is 2.56. The van der Waals surface area contributed by atoms with Crippen LogP contribution < -0.4 is 10.6 Å². The number of piperidine rings is 1. The molecule has 1 heterocycles. The number of carbonyl (C=O) groups excluding carboxylic acids is 2. The second-order valence-corrected chi connectivity index (χ2v) is 11.6. The zero-order valence-corrected chi connectivity index (χ0v) is 20.3. The number of hydrogen-bond acceptors (Lipinski definition) is 3. The number of halogens is 1. The number of urea groups is 1. The van der Waals surface area contributed by atoms with E-state index < -0.39 is 0 Å². The summed E-state index contributed by atoms with van der Waals surface area (Å²) in [4.78, 5) is 26.8. The van der Waals surface area contributed by atoms with Crippen LogP contribution >= 0.6 is 11.6 Å². The molecule has 1 aromatic carbocycles. The van der Waals surface area contributed by atoms with Gasteiger partial charge in [0.1, 0.15) is 0 Å². The van der Waals surface area contributed by atoms with Gasteiger partial charge in [-0.3, -0.25) is 0 Å². The standard InChI is InChI=1S/C26H36ClN3O3/c1-2-3-12-33-24(32)30-10-8-20(9-11-30)28-23(31)29-26-15-18-13-25(27,17-26)14-19(16-26)22-7-5-4-6-21(18)22/h4-7,18-20H,2-3,8-17H2,1H3,(H2,28,29,31). The summed E-state index contributed by atoms with van der Waals surface area (Å²) in [6.45, 7) is 3.79. The normalized spacial score (nSPS) is 32.7. The summed E-state index contributed by atoms with van der Waals surface area (Å²) in [5.41, 5.74) is 2.62. The maximum Gasteiger partial charge on any atom is 0.409 e. The molecule has 6 rings (SSSR count). The van der Waals surface area contributed by atoms with Gasteiger partial charge >= 0.3 is 12.1 Å². The van der Waals surface area contributed by atoms with Crippen molar-refractivity contribution in [3.63, 3.8) is 0 Å². The SMILES string of the molecule is CCCCOC(=O)N1CCC(NC(=O)NC23CC4CC(Cl)(CC(C2)c2ccccc24)C3)CC1. The van der Waals surface area contributed by atoms with Crippen molar-refractivity contribution < 1.29 is 14.3 Å². The third kappa shape index (κ3) is 4.68. The Balaban J connectivity index is 1.18. The molecule has 2 unspecified atom stereocenters. The van der Waals surface area contributed by atoms with Crippen LogP contribution in [0.5, 0.6) is 0 Å². The molecule has 3 fully saturated rings. The van der Waals surface area contributed by atoms with Crippen molar-refractivity contribution in [3.05, 3.63) is 35.4 Å². The minimum atomic E-state index is -0.250. The minimum Gasteiger partial charge on any atom is -0.449 e. The second-order valence-electron chi connectivity index (χ2n) is 10.8. The molecule has 2 N–H and O–H groups in total. The molecule has 1 saturated heterocycles. The lowest BCUT2D eigenvalue weighted by molar-refractivity contribution is 0.0896. The van der Waals surface area contributed by atoms with Gasteiger partial charge < -0.3 is 20.3 Å². The summed E-state index contributed by atoms with van der Waals surface area (Å²) >= 11 is 7.16. The Morgan fingerprint density at radius 2 is 1.73 bits per heavy atom. The quantitative estimate of drug-likeness (QED) is 0.452. The van der Waals surface area contributed by atoms with Crippen molar-refractivity contribution in [2.45, 2.75) is 93.0 Å². The van der Waals surface area contributed by atoms with E-state index in [1.165, 1.54) is 11.1 Å². The first kappa shape index (κ1) is 22.8. The summed E-state index contributed by atoms with van der Waals surface area (Å²) in [5.74, 6) is 0.810. The van der Waals surface area contributed by atoms with Crippen LogP contribution in [-0.4, -0.2) is 53.2 Å². The fourth-order valence-electron chi connectivity index (χ4n) is 6.94. The molecular weight excluding hydrogens is 438 g/mol. The molecular formula is C26H36ClN3O3. The van der Waals surface area contributed by atoms with Crippen molar-refractivity contribution in [2.75, 3.05) is 19.7 Å². The molecule has 33 heavy (non-hydrogen) atoms. The van der Waals surface area contributed by atoms with Gasteiger partial charge in [0.15, 0.2) is 0 Å². The Morgan fingerprint density at radius 1 is 1.09 bits per heavy atom. The molecule has 7 heteroatoms. The van der Waals surface area contributed by atoms with Crippen LogP contribution in [0.25, 0.3) is 0 Å². The number of carbonyl (C=O) groups is 2. The molecule has 0 radical (unpaired) electrons. The van der Waals surface area contributed by atoms with E-state index in [1.807, 2.05) is 0 Å². The Morgan fingerprint density at radius 3 is 2.33 bits per heavy atom. The number of ether oxygens (including phenoxy) is 1. The van der Waals surface area contributed by atoms with Gasteiger partial charge in [-0.05, 0) is 74.3 Å². The van der Waals surface area contributed by atoms with Crippen molar-refractivity contribution in [1.82, 2.24) is 15.5 Å². The van der Waals surface area contributed by atoms with Crippen LogP contribution in [0.3, 0.4) is 0 Å². The van der Waals surface area contributed by atoms with Crippen LogP contribution in [0.15, 0.2) is 24.3 Å². The van der Waals surface area contributed by atoms with Crippen LogP contribution in [0, 0.1) is 0 Å². The number of benzene rings is 1. The van der Waals surface area contributed by atoms with Crippen molar-refractivity contribution in [1.29, 1.82) is 0 Å². The predicted molar refractivity (Wildman–Crippen MR) is 129 cm³/mol. The number of rotatable bonds is 5. The molecule has 2 atom stereocenters. The number of likely N-dealkylation sites (tertiary alicyclic amines) is 1. The van der Waals surface area contributed by atoms with Gasteiger partial charge in [-0.1, -0.05) is 37.6 Å². The van der Waals surface area contributed by atoms with Gasteiger partial charge in [0.25, 0.3) is 0 Å². The predicted octanol–water partition coefficient (Wildman–Crippen LogP) is 5.26. The molecule has 4 aliphatic carbocycles. The van der Waals surface area contributed by atoms with Gasteiger partial charge in [-0.15, -0.1) is 11.6 Å². The maximum absolute atomic E-state index is 13.1. The highest BCUT2D eigenvalue weighted by molar-refractivity contribution is 6.24. The Hall–Kier alpha value is -1.95. The number of nitrogens with one attached hydrogen (secondary N) is 2. The van der Waals surface area contributed by atoms with Gasteiger partial charge in [-0.25, -0.2) is 9.59 Å². The second kappa shape index (κ2) is 9.01. The molecule has 4 bridgehead atoms. The third-order valence-electron chi connectivity index (χ3n) is 8.22. The van der Waals surface area contributed by atoms with Gasteiger partial charge in [0.2, 0.25) is 0 Å². The molecule has 6 nitrogen and oxygen atoms in total. The number of hydrogen-bond donors (Lipinski definition) is 2. The first-order valence-corrected chi connectivity index (χ1v) is 13.0. The summed E-state index contributed by atoms with van der Waals surface area (Å²) < 4.78 is 5.32. The van der Waals surface area contributed by atoms with Crippen molar-refractivity contribution in [2.24, 2.45) is 0 Å². The molecule has 1 aliphatic heterocycles. The van der Waals surface area contributed by atoms with E-state index >= 15 is 0 Å². The Kier molecular flexibility index (Phi) is 6.23. The zero-order valence-electron chi connectivity index (χ0n) is 19.6. The monoisotopic (exact) mass is 473 g/mol. The lowest BCUT2D eigenvalue weighted by Crippen LogP contribution is -2.61. The molecule has 5 aliphatic rings. The highest BCUT2D eigenvalue weighted by atomic mass is 35.5. The smallest absolute Gasteiger partial charge is 0.409 e. The van der Waals surface area contributed by atoms with Gasteiger partial charge in [-0.2, -0.15) is 0 Å². The van der Waals surface area contributed by atoms with E-state index in [2.05, 4.69) is 41.8 Å². The first-order chi connectivity index (χ1) is 15.9. The van der Waals surface area contributed by atoms with E-state index in [1.54, 1.807) is 4.90 Å². The summed E-state index contributed by atoms with van der Waals surface area (Å²) in [7, 11) is 0. The van der Waals surface area contributed by atoms with E-state index in [-0.39, 0.29) is 28.6 Å². The number of nitrogens with zero attached hydrogens (tertiary/aromatic N) is 1. The topological polar surface area (TPSA) is 70.7 Å². The maximum atomic E-state index is 13.1. The van der Waals surface area contributed by atoms with Crippen LogP contribution in [0.4, 0.5) is 9.59 Å². The summed E-state index contributed by atoms with van der Waals surface area (Å²) in [6, 6.07) is 8.76. The lowest BCUT2D eigenvalue weighted by atomic mass is 9.62. The molecule has 2 saturated carbocycles. The number of alkyl halides is 1. The first-order valence-electron chi connectivity index (χ1n) is 12.7. The molecule has 0 aromatic heterocycles. The molecule has 0 spiro atoms. The fourth-order valence-corrected chi connectivity index (χ4v) is 7.57. The van der Waals surface area contributed by atoms with Crippen LogP contribution in [0.2, 0.25) is 0 Å². The van der Waals surface area contributed by atoms with E-state index in [0.717, 1.165) is 57.8 Å². The molecule has 3 amide bonds. The molecule has 1 aromatic rings. The average Bonchev–Trinajstić information content (AvgIpc) is 2.92. The lowest BCUT2D eigenvalue weighted by Gasteiger charge is -2.52. The van der Waals surface area contributed by atoms with Crippen LogP contribution in [-0.2, 0) is 4.74 Å². The molecule has 180 valence electrons. The van der Waals surface area contributed by atoms with E-state index in [9.17, 15) is 9.59 Å². The van der Waals surface area contributed by atoms with Crippen molar-refractivity contribution >= 4 is 23.7 Å². The largest absolute Gasteiger partial charge is 0.449 e. The summed E-state index contributed by atoms with van der Waals surface area (Å²) in [6.07, 6.45) is 7.94. The van der Waals surface area contributed by atoms with Gasteiger partial charge in [0.05, 0.1) is 6.61 Å². The zero-order chi connectivity index (χ0) is 23.1. The van der Waals surface area contributed by atoms with E-state index in [4.69, 9.17) is 16.3 Å². The third-order valence-corrected chi connectivity index (χ3v) is 8.66. The van der Waals surface area contributed by atoms with Gasteiger partial charge in [0, 0.05) is 29.5 Å². The minimum absolute atomic E-state index is 0.0722. The van der Waals surface area contributed by atoms with Crippen molar-refractivity contribution in [3.8, 4) is 0 Å². The van der Waals surface area contributed by atoms with Crippen LogP contribution in [0.1, 0.15) is 87.7 Å². The summed E-state index contributed by atoms with van der Waals surface area (Å²) in [5, 5.41) is 6.59. The Labute approximate surface area is 201 Å². The highest BCUT2D eigenvalue weighted by Crippen LogP contribution is 2.61. The number of unbranched alkanes of at least 4 members (excludes halogenated alkanes) is 1. The Bertz CT molecular complexity index is 864. The average molecular weight is 474 g/mol. The number of amides is 3.